The van der Waals surface area contributed by atoms with Gasteiger partial charge in [0.05, 0.1) is 0 Å². The molecule has 0 aromatic heterocycles. The maximum Gasteiger partial charge on any atom is 0.384 e. The molecular weight excluding hydrogens is 380 g/mol. The molecule has 24 heavy (non-hydrogen) atoms. The molecule has 2 nitrogen and oxygen atoms in total. The average molecular weight is 384 g/mol. The Kier molecular flexibility index (Phi) is 4.20. The molecule has 1 saturated carbocycles. The predicted octanol–water partition coefficient (Wildman–Crippen LogP) is 3.91. The Hall–Kier alpha value is -1.63. The number of halogens is 12. The Bertz CT molecular complexity index is 536. The lowest BCUT2D eigenvalue weighted by molar-refractivity contribution is -0.487. The lowest BCUT2D eigenvalue weighted by atomic mass is 9.72. The summed E-state index contributed by atoms with van der Waals surface area (Å²) in [7, 11) is 0. The first kappa shape index (κ1) is 20.4. The molecule has 1 rings (SSSR count). The van der Waals surface area contributed by atoms with Crippen LogP contribution in [0.15, 0.2) is 12.4 Å². The Balaban J connectivity index is 3.57. The van der Waals surface area contributed by atoms with Crippen LogP contribution in [0.4, 0.5) is 52.7 Å². The Morgan fingerprint density at radius 1 is 0.708 bits per heavy atom. The van der Waals surface area contributed by atoms with Crippen molar-refractivity contribution in [1.82, 2.24) is 0 Å². The van der Waals surface area contributed by atoms with Gasteiger partial charge in [-0.25, -0.2) is 9.18 Å². The summed E-state index contributed by atoms with van der Waals surface area (Å²) >= 11 is 0. The van der Waals surface area contributed by atoms with Gasteiger partial charge in [-0.3, -0.25) is 0 Å². The van der Waals surface area contributed by atoms with Crippen LogP contribution in [0.25, 0.3) is 0 Å². The summed E-state index contributed by atoms with van der Waals surface area (Å²) in [6, 6.07) is 0. The maximum atomic E-state index is 13.9. The Morgan fingerprint density at radius 2 is 1.00 bits per heavy atom. The van der Waals surface area contributed by atoms with Gasteiger partial charge in [0.2, 0.25) is 5.83 Å². The lowest BCUT2D eigenvalue weighted by Crippen LogP contribution is -2.84. The first-order chi connectivity index (χ1) is 10.3. The van der Waals surface area contributed by atoms with Crippen molar-refractivity contribution in [2.75, 3.05) is 6.61 Å². The fraction of sp³-hybridized carbons (Fsp3) is 0.700. The van der Waals surface area contributed by atoms with Crippen molar-refractivity contribution in [2.24, 2.45) is 0 Å². The SMILES string of the molecule is C=C(F)C(=O)OCC1(F)C(F)(F)C(F)(F)C(F)(F)C(F)(F)C1(F)F. The quantitative estimate of drug-likeness (QED) is 0.419. The highest BCUT2D eigenvalue weighted by Gasteiger charge is 3.01. The van der Waals surface area contributed by atoms with E-state index >= 15 is 0 Å². The summed E-state index contributed by atoms with van der Waals surface area (Å²) in [5.41, 5.74) is -6.49. The summed E-state index contributed by atoms with van der Waals surface area (Å²) in [5.74, 6) is -41.0. The molecule has 1 aliphatic carbocycles. The van der Waals surface area contributed by atoms with E-state index in [1.807, 2.05) is 0 Å². The van der Waals surface area contributed by atoms with E-state index in [0.29, 0.717) is 0 Å². The number of hydrogen-bond acceptors (Lipinski definition) is 2. The van der Waals surface area contributed by atoms with Gasteiger partial charge in [0, 0.05) is 0 Å². The second-order valence-electron chi connectivity index (χ2n) is 4.65. The molecular formula is C10H4F12O2. The zero-order valence-corrected chi connectivity index (χ0v) is 10.8. The van der Waals surface area contributed by atoms with Crippen molar-refractivity contribution in [1.29, 1.82) is 0 Å². The predicted molar refractivity (Wildman–Crippen MR) is 49.8 cm³/mol. The van der Waals surface area contributed by atoms with Crippen LogP contribution in [-0.2, 0) is 9.53 Å². The number of ether oxygens (including phenoxy) is 1. The molecule has 0 N–H and O–H groups in total. The van der Waals surface area contributed by atoms with Gasteiger partial charge in [-0.1, -0.05) is 6.58 Å². The summed E-state index contributed by atoms with van der Waals surface area (Å²) in [4.78, 5) is 10.5. The number of alkyl halides is 11. The third-order valence-electron chi connectivity index (χ3n) is 3.20. The molecule has 0 saturated heterocycles. The van der Waals surface area contributed by atoms with E-state index in [2.05, 4.69) is 11.3 Å². The molecule has 0 atom stereocenters. The fourth-order valence-corrected chi connectivity index (χ4v) is 1.71. The number of hydrogen-bond donors (Lipinski definition) is 0. The van der Waals surface area contributed by atoms with E-state index in [4.69, 9.17) is 0 Å². The van der Waals surface area contributed by atoms with Crippen LogP contribution in [0.1, 0.15) is 0 Å². The lowest BCUT2D eigenvalue weighted by Gasteiger charge is -2.52. The summed E-state index contributed by atoms with van der Waals surface area (Å²) in [6.07, 6.45) is 0. The van der Waals surface area contributed by atoms with Crippen molar-refractivity contribution in [3.8, 4) is 0 Å². The second-order valence-corrected chi connectivity index (χ2v) is 4.65. The standard InChI is InChI=1S/C10H4F12O2/c1-3(11)4(23)24-2-5(12)6(13,14)8(17,18)10(21,22)9(19,20)7(5,15)16/h1-2H2. The number of esters is 1. The molecule has 0 spiro atoms. The molecule has 0 radical (unpaired) electrons. The molecule has 0 unspecified atom stereocenters. The second kappa shape index (κ2) is 4.94. The van der Waals surface area contributed by atoms with Crippen LogP contribution >= 0.6 is 0 Å². The molecule has 0 aliphatic heterocycles. The summed E-state index contributed by atoms with van der Waals surface area (Å²) in [5, 5.41) is 0. The number of carbonyl (C=O) groups excluding carboxylic acids is 1. The maximum absolute atomic E-state index is 13.9. The number of rotatable bonds is 3. The van der Waals surface area contributed by atoms with E-state index in [-0.39, 0.29) is 0 Å². The van der Waals surface area contributed by atoms with Gasteiger partial charge in [0.25, 0.3) is 5.67 Å². The van der Waals surface area contributed by atoms with Crippen molar-refractivity contribution in [3.63, 3.8) is 0 Å². The van der Waals surface area contributed by atoms with Crippen LogP contribution in [0, 0.1) is 0 Å². The van der Waals surface area contributed by atoms with E-state index < -0.39 is 53.7 Å². The molecule has 1 fully saturated rings. The third-order valence-corrected chi connectivity index (χ3v) is 3.20. The molecule has 0 aromatic carbocycles. The molecule has 0 aromatic rings. The minimum Gasteiger partial charge on any atom is -0.456 e. The minimum absolute atomic E-state index is 2.14. The highest BCUT2D eigenvalue weighted by Crippen LogP contribution is 2.69. The third kappa shape index (κ3) is 1.96. The van der Waals surface area contributed by atoms with Gasteiger partial charge in [-0.2, -0.15) is 48.3 Å². The molecule has 0 heterocycles. The van der Waals surface area contributed by atoms with Crippen LogP contribution < -0.4 is 0 Å². The van der Waals surface area contributed by atoms with Gasteiger partial charge in [-0.15, -0.1) is 0 Å². The van der Waals surface area contributed by atoms with Gasteiger partial charge in [0.1, 0.15) is 6.61 Å². The van der Waals surface area contributed by atoms with E-state index in [1.165, 1.54) is 0 Å². The smallest absolute Gasteiger partial charge is 0.384 e. The monoisotopic (exact) mass is 384 g/mol. The highest BCUT2D eigenvalue weighted by molar-refractivity contribution is 5.85. The molecule has 1 aliphatic rings. The molecule has 0 bridgehead atoms. The minimum atomic E-state index is -7.36. The zero-order chi connectivity index (χ0) is 19.6. The van der Waals surface area contributed by atoms with Gasteiger partial charge in [-0.05, 0) is 0 Å². The summed E-state index contributed by atoms with van der Waals surface area (Å²) < 4.78 is 160. The van der Waals surface area contributed by atoms with E-state index in [1.54, 1.807) is 0 Å². The highest BCUT2D eigenvalue weighted by atomic mass is 19.4. The zero-order valence-electron chi connectivity index (χ0n) is 10.8. The van der Waals surface area contributed by atoms with Crippen LogP contribution in [0.5, 0.6) is 0 Å². The Morgan fingerprint density at radius 3 is 1.29 bits per heavy atom. The van der Waals surface area contributed by atoms with Crippen molar-refractivity contribution in [3.05, 3.63) is 12.4 Å². The van der Waals surface area contributed by atoms with Crippen molar-refractivity contribution >= 4 is 5.97 Å². The first-order valence-corrected chi connectivity index (χ1v) is 5.42. The fourth-order valence-electron chi connectivity index (χ4n) is 1.71. The van der Waals surface area contributed by atoms with Crippen molar-refractivity contribution in [2.45, 2.75) is 35.3 Å². The van der Waals surface area contributed by atoms with Gasteiger partial charge < -0.3 is 4.74 Å². The molecule has 0 amide bonds. The van der Waals surface area contributed by atoms with Crippen LogP contribution in [0.2, 0.25) is 0 Å². The largest absolute Gasteiger partial charge is 0.456 e. The normalized spacial score (nSPS) is 28.0. The van der Waals surface area contributed by atoms with Crippen LogP contribution in [0.3, 0.4) is 0 Å². The number of carbonyl (C=O) groups is 1. The van der Waals surface area contributed by atoms with Crippen molar-refractivity contribution < 1.29 is 62.2 Å². The average Bonchev–Trinajstić information content (AvgIpc) is 2.41. The van der Waals surface area contributed by atoms with Gasteiger partial charge in [0.15, 0.2) is 0 Å². The van der Waals surface area contributed by atoms with E-state index in [9.17, 15) is 57.5 Å². The Labute approximate surface area is 124 Å². The van der Waals surface area contributed by atoms with Crippen LogP contribution in [-0.4, -0.2) is 47.9 Å². The van der Waals surface area contributed by atoms with E-state index in [0.717, 1.165) is 0 Å². The topological polar surface area (TPSA) is 26.3 Å². The summed E-state index contributed by atoms with van der Waals surface area (Å²) in [6.45, 7) is -1.14. The molecule has 14 heteroatoms. The van der Waals surface area contributed by atoms with Gasteiger partial charge >= 0.3 is 35.6 Å². The molecule has 140 valence electrons. The first-order valence-electron chi connectivity index (χ1n) is 5.42.